The molecule has 2 aromatic carbocycles. The van der Waals surface area contributed by atoms with Gasteiger partial charge in [0.2, 0.25) is 0 Å². The molecule has 19 heavy (non-hydrogen) atoms. The van der Waals surface area contributed by atoms with Crippen molar-refractivity contribution in [2.75, 3.05) is 0 Å². The van der Waals surface area contributed by atoms with Crippen LogP contribution in [0, 0.1) is 6.92 Å². The summed E-state index contributed by atoms with van der Waals surface area (Å²) in [4.78, 5) is 12.5. The van der Waals surface area contributed by atoms with Gasteiger partial charge in [0.15, 0.2) is 5.78 Å². The second-order valence-corrected chi connectivity index (χ2v) is 5.64. The summed E-state index contributed by atoms with van der Waals surface area (Å²) in [5.74, 6) is -0.319. The quantitative estimate of drug-likeness (QED) is 0.631. The molecule has 0 aliphatic rings. The van der Waals surface area contributed by atoms with Gasteiger partial charge >= 0.3 is 0 Å². The summed E-state index contributed by atoms with van der Waals surface area (Å²) in [5, 5.41) is 1.19. The molecule has 5 heteroatoms. The van der Waals surface area contributed by atoms with Crippen molar-refractivity contribution in [3.8, 4) is 0 Å². The topological polar surface area (TPSA) is 17.1 Å². The molecule has 0 unspecified atom stereocenters. The largest absolute Gasteiger partial charge is 0.288 e. The minimum Gasteiger partial charge on any atom is -0.288 e. The summed E-state index contributed by atoms with van der Waals surface area (Å²) in [5.41, 5.74) is 1.39. The molecule has 0 radical (unpaired) electrons. The summed E-state index contributed by atoms with van der Waals surface area (Å²) in [7, 11) is 0. The smallest absolute Gasteiger partial charge is 0.197 e. The van der Waals surface area contributed by atoms with Gasteiger partial charge in [0.1, 0.15) is 0 Å². The van der Waals surface area contributed by atoms with Crippen molar-refractivity contribution in [1.82, 2.24) is 0 Å². The highest BCUT2D eigenvalue weighted by Gasteiger charge is 2.20. The molecule has 0 aromatic heterocycles. The van der Waals surface area contributed by atoms with Gasteiger partial charge < -0.3 is 0 Å². The molecule has 0 atom stereocenters. The molecule has 2 aromatic rings. The van der Waals surface area contributed by atoms with E-state index in [1.54, 1.807) is 12.1 Å². The average molecular weight is 334 g/mol. The fourth-order valence-electron chi connectivity index (χ4n) is 1.72. The van der Waals surface area contributed by atoms with Crippen LogP contribution in [0.2, 0.25) is 20.1 Å². The van der Waals surface area contributed by atoms with Gasteiger partial charge in [-0.05, 0) is 30.7 Å². The average Bonchev–Trinajstić information content (AvgIpc) is 2.31. The van der Waals surface area contributed by atoms with Crippen LogP contribution in [-0.2, 0) is 0 Å². The standard InChI is InChI=1S/C14H8Cl4O/c1-7-3-2-4-9(13(7)18)14(19)12-10(16)5-8(15)6-11(12)17/h2-6H,1H3. The lowest BCUT2D eigenvalue weighted by molar-refractivity contribution is 0.103. The van der Waals surface area contributed by atoms with Crippen LogP contribution in [0.4, 0.5) is 0 Å². The molecule has 1 nitrogen and oxygen atoms in total. The first-order valence-electron chi connectivity index (χ1n) is 5.36. The first-order chi connectivity index (χ1) is 8.91. The maximum absolute atomic E-state index is 12.5. The zero-order valence-electron chi connectivity index (χ0n) is 9.81. The van der Waals surface area contributed by atoms with Crippen molar-refractivity contribution in [3.63, 3.8) is 0 Å². The van der Waals surface area contributed by atoms with E-state index >= 15 is 0 Å². The molecule has 0 fully saturated rings. The van der Waals surface area contributed by atoms with Crippen LogP contribution in [0.15, 0.2) is 30.3 Å². The zero-order valence-corrected chi connectivity index (χ0v) is 12.8. The van der Waals surface area contributed by atoms with E-state index in [1.165, 1.54) is 12.1 Å². The molecule has 0 bridgehead atoms. The van der Waals surface area contributed by atoms with E-state index < -0.39 is 0 Å². The Hall–Kier alpha value is -0.730. The number of carbonyl (C=O) groups excluding carboxylic acids is 1. The van der Waals surface area contributed by atoms with Crippen molar-refractivity contribution in [2.45, 2.75) is 6.92 Å². The molecule has 98 valence electrons. The maximum Gasteiger partial charge on any atom is 0.197 e. The van der Waals surface area contributed by atoms with E-state index in [2.05, 4.69) is 0 Å². The zero-order chi connectivity index (χ0) is 14.2. The van der Waals surface area contributed by atoms with Crippen molar-refractivity contribution in [1.29, 1.82) is 0 Å². The molecule has 0 spiro atoms. The van der Waals surface area contributed by atoms with Crippen LogP contribution >= 0.6 is 46.4 Å². The summed E-state index contributed by atoms with van der Waals surface area (Å²) in [6.07, 6.45) is 0. The minimum absolute atomic E-state index is 0.208. The van der Waals surface area contributed by atoms with Crippen molar-refractivity contribution >= 4 is 52.2 Å². The monoisotopic (exact) mass is 332 g/mol. The molecular weight excluding hydrogens is 326 g/mol. The number of halogens is 4. The number of rotatable bonds is 2. The van der Waals surface area contributed by atoms with E-state index in [9.17, 15) is 4.79 Å². The minimum atomic E-state index is -0.319. The second kappa shape index (κ2) is 5.72. The molecule has 0 amide bonds. The molecule has 0 aliphatic carbocycles. The Morgan fingerprint density at radius 3 is 2.16 bits per heavy atom. The summed E-state index contributed by atoms with van der Waals surface area (Å²) >= 11 is 24.0. The fourth-order valence-corrected chi connectivity index (χ4v) is 2.92. The third-order valence-corrected chi connectivity index (χ3v) is 3.99. The molecule has 0 saturated carbocycles. The number of ketones is 1. The van der Waals surface area contributed by atoms with Crippen LogP contribution < -0.4 is 0 Å². The van der Waals surface area contributed by atoms with E-state index in [-0.39, 0.29) is 21.4 Å². The van der Waals surface area contributed by atoms with Crippen molar-refractivity contribution in [2.24, 2.45) is 0 Å². The lowest BCUT2D eigenvalue weighted by atomic mass is 10.0. The van der Waals surface area contributed by atoms with Crippen LogP contribution in [0.5, 0.6) is 0 Å². The van der Waals surface area contributed by atoms with E-state index in [4.69, 9.17) is 46.4 Å². The highest BCUT2D eigenvalue weighted by Crippen LogP contribution is 2.32. The Morgan fingerprint density at radius 1 is 1.00 bits per heavy atom. The Morgan fingerprint density at radius 2 is 1.58 bits per heavy atom. The van der Waals surface area contributed by atoms with E-state index in [0.29, 0.717) is 15.6 Å². The highest BCUT2D eigenvalue weighted by atomic mass is 35.5. The van der Waals surface area contributed by atoms with E-state index in [0.717, 1.165) is 5.56 Å². The van der Waals surface area contributed by atoms with Crippen LogP contribution in [0.1, 0.15) is 21.5 Å². The second-order valence-electron chi connectivity index (χ2n) is 4.01. The third kappa shape index (κ3) is 2.90. The first kappa shape index (κ1) is 14.7. The van der Waals surface area contributed by atoms with Crippen molar-refractivity contribution in [3.05, 3.63) is 67.1 Å². The van der Waals surface area contributed by atoms with Gasteiger partial charge in [0.05, 0.1) is 20.6 Å². The Kier molecular flexibility index (Phi) is 4.42. The number of hydrogen-bond donors (Lipinski definition) is 0. The number of carbonyl (C=O) groups is 1. The van der Waals surface area contributed by atoms with Gasteiger partial charge in [-0.25, -0.2) is 0 Å². The summed E-state index contributed by atoms with van der Waals surface area (Å²) in [6.45, 7) is 1.82. The molecule has 0 aliphatic heterocycles. The summed E-state index contributed by atoms with van der Waals surface area (Å²) in [6, 6.07) is 8.17. The number of benzene rings is 2. The number of hydrogen-bond acceptors (Lipinski definition) is 1. The molecular formula is C14H8Cl4O. The van der Waals surface area contributed by atoms with E-state index in [1.807, 2.05) is 13.0 Å². The van der Waals surface area contributed by atoms with Gasteiger partial charge in [-0.15, -0.1) is 0 Å². The SMILES string of the molecule is Cc1cccc(C(=O)c2c(Cl)cc(Cl)cc2Cl)c1Cl. The Balaban J connectivity index is 2.60. The van der Waals surface area contributed by atoms with Gasteiger partial charge in [0, 0.05) is 10.6 Å². The Labute approximate surface area is 131 Å². The van der Waals surface area contributed by atoms with Gasteiger partial charge in [-0.2, -0.15) is 0 Å². The Bertz CT molecular complexity index is 641. The van der Waals surface area contributed by atoms with Gasteiger partial charge in [-0.3, -0.25) is 4.79 Å². The summed E-state index contributed by atoms with van der Waals surface area (Å²) < 4.78 is 0. The first-order valence-corrected chi connectivity index (χ1v) is 6.87. The van der Waals surface area contributed by atoms with Crippen LogP contribution in [0.3, 0.4) is 0 Å². The predicted molar refractivity (Wildman–Crippen MR) is 81.1 cm³/mol. The van der Waals surface area contributed by atoms with Crippen molar-refractivity contribution < 1.29 is 4.79 Å². The fraction of sp³-hybridized carbons (Fsp3) is 0.0714. The predicted octanol–water partition coefficient (Wildman–Crippen LogP) is 5.84. The molecule has 0 saturated heterocycles. The molecule has 2 rings (SSSR count). The lowest BCUT2D eigenvalue weighted by Crippen LogP contribution is -2.05. The normalized spacial score (nSPS) is 10.6. The number of aryl methyl sites for hydroxylation is 1. The molecule has 0 heterocycles. The van der Waals surface area contributed by atoms with Crippen LogP contribution in [-0.4, -0.2) is 5.78 Å². The molecule has 0 N–H and O–H groups in total. The third-order valence-electron chi connectivity index (χ3n) is 2.67. The van der Waals surface area contributed by atoms with Crippen LogP contribution in [0.25, 0.3) is 0 Å². The highest BCUT2D eigenvalue weighted by molar-refractivity contribution is 6.44. The van der Waals surface area contributed by atoms with Gasteiger partial charge in [-0.1, -0.05) is 58.5 Å². The van der Waals surface area contributed by atoms with Gasteiger partial charge in [0.25, 0.3) is 0 Å². The maximum atomic E-state index is 12.5. The lowest BCUT2D eigenvalue weighted by Gasteiger charge is -2.09.